The summed E-state index contributed by atoms with van der Waals surface area (Å²) < 4.78 is 5.18. The van der Waals surface area contributed by atoms with E-state index in [4.69, 9.17) is 4.74 Å². The monoisotopic (exact) mass is 426 g/mol. The predicted octanol–water partition coefficient (Wildman–Crippen LogP) is 4.27. The highest BCUT2D eigenvalue weighted by molar-refractivity contribution is 8.18. The molecule has 0 bridgehead atoms. The highest BCUT2D eigenvalue weighted by Crippen LogP contribution is 2.37. The second-order valence-corrected chi connectivity index (χ2v) is 7.41. The van der Waals surface area contributed by atoms with Crippen LogP contribution in [0.25, 0.3) is 6.08 Å². The number of aromatic hydroxyl groups is 1. The number of allylic oxidation sites excluding steroid dienone is 1. The second kappa shape index (κ2) is 8.83. The third kappa shape index (κ3) is 4.36. The van der Waals surface area contributed by atoms with Crippen molar-refractivity contribution in [2.24, 2.45) is 0 Å². The molecular weight excluding hydrogens is 408 g/mol. The molecule has 154 valence electrons. The Morgan fingerprint density at radius 1 is 1.30 bits per heavy atom. The van der Waals surface area contributed by atoms with Crippen molar-refractivity contribution in [3.63, 3.8) is 0 Å². The highest BCUT2D eigenvalue weighted by atomic mass is 32.2. The molecule has 0 aliphatic carbocycles. The Morgan fingerprint density at radius 2 is 2.07 bits per heavy atom. The van der Waals surface area contributed by atoms with Crippen LogP contribution in [0.4, 0.5) is 10.5 Å². The third-order valence-electron chi connectivity index (χ3n) is 4.39. The number of benzene rings is 2. The number of imide groups is 1. The standard InChI is InChI=1S/C21H18N2O6S/c1-3-5-15-8-14(10-17(29-2)19(15)24)11-18-20(25)22(21(26)30-18)12-13-6-4-7-16(9-13)23(27)28/h3-4,6-11,24H,1,5,12H2,2H3/b18-11+. The number of thioether (sulfide) groups is 1. The van der Waals surface area contributed by atoms with Crippen LogP contribution in [0.2, 0.25) is 0 Å². The van der Waals surface area contributed by atoms with Crippen LogP contribution in [0.15, 0.2) is 54.0 Å². The maximum absolute atomic E-state index is 12.8. The lowest BCUT2D eigenvalue weighted by Gasteiger charge is -2.12. The first-order chi connectivity index (χ1) is 14.3. The molecule has 0 radical (unpaired) electrons. The van der Waals surface area contributed by atoms with Gasteiger partial charge in [0, 0.05) is 17.7 Å². The van der Waals surface area contributed by atoms with E-state index in [-0.39, 0.29) is 28.6 Å². The van der Waals surface area contributed by atoms with E-state index in [1.165, 1.54) is 25.3 Å². The van der Waals surface area contributed by atoms with Crippen molar-refractivity contribution >= 4 is 34.7 Å². The fourth-order valence-electron chi connectivity index (χ4n) is 2.98. The molecule has 0 unspecified atom stereocenters. The molecular formula is C21H18N2O6S. The number of nitro groups is 1. The molecule has 3 rings (SSSR count). The Kier molecular flexibility index (Phi) is 6.22. The van der Waals surface area contributed by atoms with Gasteiger partial charge in [-0.3, -0.25) is 24.6 Å². The fraction of sp³-hybridized carbons (Fsp3) is 0.143. The summed E-state index contributed by atoms with van der Waals surface area (Å²) in [5.41, 5.74) is 1.53. The SMILES string of the molecule is C=CCc1cc(/C=C2/SC(=O)N(Cc3cccc([N+](=O)[O-])c3)C2=O)cc(OC)c1O. The van der Waals surface area contributed by atoms with E-state index in [1.807, 2.05) is 0 Å². The number of non-ortho nitro benzene ring substituents is 1. The van der Waals surface area contributed by atoms with Crippen LogP contribution < -0.4 is 4.74 Å². The van der Waals surface area contributed by atoms with Crippen molar-refractivity contribution in [1.82, 2.24) is 4.90 Å². The minimum atomic E-state index is -0.531. The van der Waals surface area contributed by atoms with Gasteiger partial charge in [0.25, 0.3) is 16.8 Å². The number of carbonyl (C=O) groups excluding carboxylic acids is 2. The zero-order valence-electron chi connectivity index (χ0n) is 16.0. The number of nitrogens with zero attached hydrogens (tertiary/aromatic N) is 2. The van der Waals surface area contributed by atoms with Crippen molar-refractivity contribution in [1.29, 1.82) is 0 Å². The van der Waals surface area contributed by atoms with Gasteiger partial charge in [0.15, 0.2) is 11.5 Å². The molecule has 2 amide bonds. The van der Waals surface area contributed by atoms with E-state index >= 15 is 0 Å². The minimum absolute atomic E-state index is 0.00618. The molecule has 0 aromatic heterocycles. The van der Waals surface area contributed by atoms with Crippen molar-refractivity contribution in [3.05, 3.63) is 80.8 Å². The van der Waals surface area contributed by atoms with Crippen LogP contribution >= 0.6 is 11.8 Å². The summed E-state index contributed by atoms with van der Waals surface area (Å²) >= 11 is 0.784. The second-order valence-electron chi connectivity index (χ2n) is 6.42. The first-order valence-electron chi connectivity index (χ1n) is 8.83. The molecule has 1 heterocycles. The molecule has 1 fully saturated rings. The lowest BCUT2D eigenvalue weighted by Crippen LogP contribution is -2.27. The summed E-state index contributed by atoms with van der Waals surface area (Å²) in [7, 11) is 1.42. The van der Waals surface area contributed by atoms with E-state index in [0.717, 1.165) is 16.7 Å². The van der Waals surface area contributed by atoms with Gasteiger partial charge in [0.1, 0.15) is 0 Å². The molecule has 0 saturated carbocycles. The predicted molar refractivity (Wildman–Crippen MR) is 113 cm³/mol. The molecule has 30 heavy (non-hydrogen) atoms. The molecule has 8 nitrogen and oxygen atoms in total. The number of phenolic OH excluding ortho intramolecular Hbond substituents is 1. The maximum Gasteiger partial charge on any atom is 0.293 e. The molecule has 2 aromatic carbocycles. The average Bonchev–Trinajstić information content (AvgIpc) is 2.98. The Balaban J connectivity index is 1.88. The normalized spacial score (nSPS) is 15.0. The van der Waals surface area contributed by atoms with Gasteiger partial charge >= 0.3 is 0 Å². The van der Waals surface area contributed by atoms with Gasteiger partial charge in [0.2, 0.25) is 0 Å². The molecule has 1 aliphatic heterocycles. The maximum atomic E-state index is 12.8. The fourth-order valence-corrected chi connectivity index (χ4v) is 3.82. The molecule has 1 saturated heterocycles. The number of rotatable bonds is 7. The van der Waals surface area contributed by atoms with E-state index in [9.17, 15) is 24.8 Å². The van der Waals surface area contributed by atoms with Gasteiger partial charge in [-0.2, -0.15) is 0 Å². The van der Waals surface area contributed by atoms with Gasteiger partial charge in [-0.25, -0.2) is 0 Å². The molecule has 2 aromatic rings. The zero-order valence-corrected chi connectivity index (χ0v) is 16.8. The van der Waals surface area contributed by atoms with Gasteiger partial charge in [-0.1, -0.05) is 18.2 Å². The summed E-state index contributed by atoms with van der Waals surface area (Å²) in [6, 6.07) is 9.05. The van der Waals surface area contributed by atoms with Gasteiger partial charge in [0.05, 0.1) is 23.5 Å². The highest BCUT2D eigenvalue weighted by Gasteiger charge is 2.35. The van der Waals surface area contributed by atoms with Crippen LogP contribution in [-0.4, -0.2) is 33.2 Å². The average molecular weight is 426 g/mol. The lowest BCUT2D eigenvalue weighted by atomic mass is 10.1. The first kappa shape index (κ1) is 21.1. The Bertz CT molecular complexity index is 1080. The Hall–Kier alpha value is -3.59. The van der Waals surface area contributed by atoms with E-state index < -0.39 is 16.1 Å². The van der Waals surface area contributed by atoms with E-state index in [0.29, 0.717) is 23.1 Å². The van der Waals surface area contributed by atoms with E-state index in [1.54, 1.807) is 30.4 Å². The third-order valence-corrected chi connectivity index (χ3v) is 5.30. The summed E-state index contributed by atoms with van der Waals surface area (Å²) in [4.78, 5) is 36.8. The summed E-state index contributed by atoms with van der Waals surface area (Å²) in [6.07, 6.45) is 3.58. The Morgan fingerprint density at radius 3 is 2.73 bits per heavy atom. The smallest absolute Gasteiger partial charge is 0.293 e. The quantitative estimate of drug-likeness (QED) is 0.305. The minimum Gasteiger partial charge on any atom is -0.504 e. The summed E-state index contributed by atoms with van der Waals surface area (Å²) in [5, 5.41) is 20.7. The van der Waals surface area contributed by atoms with Crippen LogP contribution in [-0.2, 0) is 17.8 Å². The van der Waals surface area contributed by atoms with Crippen molar-refractivity contribution in [2.45, 2.75) is 13.0 Å². The topological polar surface area (TPSA) is 110 Å². The number of hydrogen-bond donors (Lipinski definition) is 1. The van der Waals surface area contributed by atoms with Gasteiger partial charge in [-0.15, -0.1) is 6.58 Å². The molecule has 0 spiro atoms. The number of phenols is 1. The zero-order chi connectivity index (χ0) is 21.8. The first-order valence-corrected chi connectivity index (χ1v) is 9.65. The number of methoxy groups -OCH3 is 1. The molecule has 1 N–H and O–H groups in total. The molecule has 9 heteroatoms. The number of nitro benzene ring substituents is 1. The van der Waals surface area contributed by atoms with Crippen molar-refractivity contribution in [3.8, 4) is 11.5 Å². The number of carbonyl (C=O) groups is 2. The van der Waals surface area contributed by atoms with Crippen molar-refractivity contribution < 1.29 is 24.4 Å². The van der Waals surface area contributed by atoms with Crippen molar-refractivity contribution in [2.75, 3.05) is 7.11 Å². The van der Waals surface area contributed by atoms with E-state index in [2.05, 4.69) is 6.58 Å². The molecule has 0 atom stereocenters. The molecule has 1 aliphatic rings. The van der Waals surface area contributed by atoms with Gasteiger partial charge < -0.3 is 9.84 Å². The van der Waals surface area contributed by atoms with Gasteiger partial charge in [-0.05, 0) is 47.5 Å². The lowest BCUT2D eigenvalue weighted by molar-refractivity contribution is -0.384. The largest absolute Gasteiger partial charge is 0.504 e. The number of ether oxygens (including phenoxy) is 1. The summed E-state index contributed by atoms with van der Waals surface area (Å²) in [6.45, 7) is 3.59. The van der Waals surface area contributed by atoms with Crippen LogP contribution in [0.1, 0.15) is 16.7 Å². The number of amides is 2. The number of hydrogen-bond acceptors (Lipinski definition) is 7. The van der Waals surface area contributed by atoms with Crippen LogP contribution in [0, 0.1) is 10.1 Å². The summed E-state index contributed by atoms with van der Waals surface area (Å²) in [5.74, 6) is -0.251. The Labute approximate surface area is 176 Å². The van der Waals surface area contributed by atoms with Crippen LogP contribution in [0.3, 0.4) is 0 Å². The van der Waals surface area contributed by atoms with Crippen LogP contribution in [0.5, 0.6) is 11.5 Å².